The van der Waals surface area contributed by atoms with Crippen LogP contribution in [0, 0.1) is 5.41 Å². The smallest absolute Gasteiger partial charge is 0.253 e. The summed E-state index contributed by atoms with van der Waals surface area (Å²) in [5.41, 5.74) is 0.971. The fraction of sp³-hybridized carbons (Fsp3) is 0.562. The Morgan fingerprint density at radius 3 is 2.52 bits per heavy atom. The molecule has 0 radical (unpaired) electrons. The quantitative estimate of drug-likeness (QED) is 0.814. The van der Waals surface area contributed by atoms with Gasteiger partial charge in [-0.15, -0.1) is 0 Å². The van der Waals surface area contributed by atoms with E-state index >= 15 is 0 Å². The molecule has 0 saturated carbocycles. The normalized spacial score (nSPS) is 11.5. The van der Waals surface area contributed by atoms with E-state index in [2.05, 4.69) is 36.0 Å². The molecule has 1 heterocycles. The number of nitrogens with zero attached hydrogens (tertiary/aromatic N) is 2. The summed E-state index contributed by atoms with van der Waals surface area (Å²) >= 11 is 0. The summed E-state index contributed by atoms with van der Waals surface area (Å²) in [5, 5.41) is 2.84. The Labute approximate surface area is 126 Å². The molecular weight excluding hydrogens is 266 g/mol. The third-order valence-corrected chi connectivity index (χ3v) is 2.97. The minimum atomic E-state index is -0.252. The highest BCUT2D eigenvalue weighted by atomic mass is 16.2. The second kappa shape index (κ2) is 7.31. The number of carbonyl (C=O) groups is 2. The summed E-state index contributed by atoms with van der Waals surface area (Å²) in [5.74, 6) is -0.384. The summed E-state index contributed by atoms with van der Waals surface area (Å²) in [6.07, 6.45) is 2.95. The minimum absolute atomic E-state index is 0.132. The van der Waals surface area contributed by atoms with Gasteiger partial charge in [-0.1, -0.05) is 20.8 Å². The Hall–Kier alpha value is -1.75. The maximum atomic E-state index is 12.1. The second-order valence-electron chi connectivity index (χ2n) is 6.53. The number of Topliss-reactive ketones (excluding diaryl/α,β-unsaturated/α-hetero) is 1. The number of hydrogen-bond acceptors (Lipinski definition) is 4. The van der Waals surface area contributed by atoms with Crippen molar-refractivity contribution < 1.29 is 9.59 Å². The standard InChI is InChI=1S/C16H25N3O2/c1-12(20)13-6-7-17-10-14(13)15(21)18-8-9-19(5)11-16(2,3)4/h6-7,10H,8-9,11H2,1-5H3,(H,18,21). The lowest BCUT2D eigenvalue weighted by atomic mass is 9.96. The molecule has 0 aliphatic rings. The third-order valence-electron chi connectivity index (χ3n) is 2.97. The summed E-state index contributed by atoms with van der Waals surface area (Å²) in [4.78, 5) is 29.7. The van der Waals surface area contributed by atoms with Crippen molar-refractivity contribution in [2.45, 2.75) is 27.7 Å². The first-order valence-electron chi connectivity index (χ1n) is 7.12. The van der Waals surface area contributed by atoms with Crippen molar-refractivity contribution in [3.63, 3.8) is 0 Å². The number of aromatic nitrogens is 1. The second-order valence-corrected chi connectivity index (χ2v) is 6.53. The lowest BCUT2D eigenvalue weighted by Gasteiger charge is -2.26. The first kappa shape index (κ1) is 17.3. The van der Waals surface area contributed by atoms with E-state index in [0.717, 1.165) is 13.1 Å². The summed E-state index contributed by atoms with van der Waals surface area (Å²) in [6.45, 7) is 10.2. The molecule has 0 spiro atoms. The monoisotopic (exact) mass is 291 g/mol. The van der Waals surface area contributed by atoms with E-state index in [9.17, 15) is 9.59 Å². The fourth-order valence-corrected chi connectivity index (χ4v) is 2.23. The van der Waals surface area contributed by atoms with Crippen molar-refractivity contribution in [1.82, 2.24) is 15.2 Å². The van der Waals surface area contributed by atoms with Gasteiger partial charge in [0.2, 0.25) is 0 Å². The van der Waals surface area contributed by atoms with Crippen LogP contribution in [-0.4, -0.2) is 48.3 Å². The molecular formula is C16H25N3O2. The Balaban J connectivity index is 2.54. The molecule has 0 saturated heterocycles. The first-order chi connectivity index (χ1) is 9.70. The summed E-state index contributed by atoms with van der Waals surface area (Å²) in [6, 6.07) is 1.57. The van der Waals surface area contributed by atoms with Gasteiger partial charge in [0.05, 0.1) is 5.56 Å². The molecule has 5 nitrogen and oxygen atoms in total. The van der Waals surface area contributed by atoms with Gasteiger partial charge in [0.1, 0.15) is 0 Å². The average molecular weight is 291 g/mol. The number of rotatable bonds is 6. The molecule has 116 valence electrons. The largest absolute Gasteiger partial charge is 0.351 e. The average Bonchev–Trinajstić information content (AvgIpc) is 2.36. The zero-order valence-corrected chi connectivity index (χ0v) is 13.6. The van der Waals surface area contributed by atoms with Crippen molar-refractivity contribution in [3.8, 4) is 0 Å². The Kier molecular flexibility index (Phi) is 6.03. The fourth-order valence-electron chi connectivity index (χ4n) is 2.23. The van der Waals surface area contributed by atoms with Crippen molar-refractivity contribution in [2.24, 2.45) is 5.41 Å². The molecule has 0 aliphatic heterocycles. The highest BCUT2D eigenvalue weighted by Gasteiger charge is 2.15. The lowest BCUT2D eigenvalue weighted by molar-refractivity contribution is 0.0933. The Bertz CT molecular complexity index is 506. The molecule has 0 atom stereocenters. The van der Waals surface area contributed by atoms with E-state index < -0.39 is 0 Å². The van der Waals surface area contributed by atoms with Crippen LogP contribution in [0.5, 0.6) is 0 Å². The van der Waals surface area contributed by atoms with Crippen LogP contribution in [0.1, 0.15) is 48.4 Å². The van der Waals surface area contributed by atoms with Gasteiger partial charge in [0.25, 0.3) is 5.91 Å². The van der Waals surface area contributed by atoms with Crippen LogP contribution in [0.15, 0.2) is 18.5 Å². The predicted octanol–water partition coefficient (Wildman–Crippen LogP) is 1.99. The number of ketones is 1. The van der Waals surface area contributed by atoms with Gasteiger partial charge < -0.3 is 10.2 Å². The third kappa shape index (κ3) is 6.04. The minimum Gasteiger partial charge on any atom is -0.351 e. The van der Waals surface area contributed by atoms with Gasteiger partial charge in [0, 0.05) is 37.6 Å². The summed E-state index contributed by atoms with van der Waals surface area (Å²) in [7, 11) is 2.03. The van der Waals surface area contributed by atoms with E-state index in [1.54, 1.807) is 6.07 Å². The van der Waals surface area contributed by atoms with Crippen LogP contribution >= 0.6 is 0 Å². The Morgan fingerprint density at radius 2 is 1.95 bits per heavy atom. The maximum Gasteiger partial charge on any atom is 0.253 e. The molecule has 1 aromatic heterocycles. The molecule has 0 fully saturated rings. The molecule has 0 aliphatic carbocycles. The molecule has 1 N–H and O–H groups in total. The van der Waals surface area contributed by atoms with E-state index in [1.807, 2.05) is 7.05 Å². The van der Waals surface area contributed by atoms with Crippen molar-refractivity contribution in [2.75, 3.05) is 26.7 Å². The first-order valence-corrected chi connectivity index (χ1v) is 7.12. The summed E-state index contributed by atoms with van der Waals surface area (Å²) < 4.78 is 0. The zero-order chi connectivity index (χ0) is 16.0. The molecule has 21 heavy (non-hydrogen) atoms. The van der Waals surface area contributed by atoms with Crippen molar-refractivity contribution >= 4 is 11.7 Å². The van der Waals surface area contributed by atoms with E-state index in [1.165, 1.54) is 19.3 Å². The zero-order valence-electron chi connectivity index (χ0n) is 13.6. The van der Waals surface area contributed by atoms with Gasteiger partial charge in [-0.05, 0) is 25.5 Å². The van der Waals surface area contributed by atoms with Crippen LogP contribution in [0.3, 0.4) is 0 Å². The van der Waals surface area contributed by atoms with E-state index in [-0.39, 0.29) is 17.1 Å². The number of carbonyl (C=O) groups excluding carboxylic acids is 2. The Morgan fingerprint density at radius 1 is 1.29 bits per heavy atom. The number of pyridine rings is 1. The molecule has 0 bridgehead atoms. The van der Waals surface area contributed by atoms with Gasteiger partial charge in [-0.25, -0.2) is 0 Å². The van der Waals surface area contributed by atoms with Crippen LogP contribution in [0.2, 0.25) is 0 Å². The molecule has 1 aromatic rings. The molecule has 5 heteroatoms. The van der Waals surface area contributed by atoms with Crippen LogP contribution in [-0.2, 0) is 0 Å². The predicted molar refractivity (Wildman–Crippen MR) is 83.5 cm³/mol. The van der Waals surface area contributed by atoms with Crippen LogP contribution in [0.25, 0.3) is 0 Å². The van der Waals surface area contributed by atoms with Gasteiger partial charge in [-0.3, -0.25) is 14.6 Å². The van der Waals surface area contributed by atoms with Crippen LogP contribution in [0.4, 0.5) is 0 Å². The van der Waals surface area contributed by atoms with Gasteiger partial charge >= 0.3 is 0 Å². The number of nitrogens with one attached hydrogen (secondary N) is 1. The van der Waals surface area contributed by atoms with E-state index in [4.69, 9.17) is 0 Å². The molecule has 0 aromatic carbocycles. The van der Waals surface area contributed by atoms with Crippen molar-refractivity contribution in [1.29, 1.82) is 0 Å². The highest BCUT2D eigenvalue weighted by Crippen LogP contribution is 2.13. The molecule has 1 amide bonds. The maximum absolute atomic E-state index is 12.1. The topological polar surface area (TPSA) is 62.3 Å². The molecule has 0 unspecified atom stereocenters. The number of amides is 1. The van der Waals surface area contributed by atoms with Gasteiger partial charge in [-0.2, -0.15) is 0 Å². The number of likely N-dealkylation sites (N-methyl/N-ethyl adjacent to an activating group) is 1. The SMILES string of the molecule is CC(=O)c1ccncc1C(=O)NCCN(C)CC(C)(C)C. The highest BCUT2D eigenvalue weighted by molar-refractivity contribution is 6.06. The lowest BCUT2D eigenvalue weighted by Crippen LogP contribution is -2.37. The van der Waals surface area contributed by atoms with Crippen LogP contribution < -0.4 is 5.32 Å². The van der Waals surface area contributed by atoms with Crippen molar-refractivity contribution in [3.05, 3.63) is 29.6 Å². The number of hydrogen-bond donors (Lipinski definition) is 1. The van der Waals surface area contributed by atoms with E-state index in [0.29, 0.717) is 17.7 Å². The van der Waals surface area contributed by atoms with Gasteiger partial charge in [0.15, 0.2) is 5.78 Å². The molecule has 1 rings (SSSR count).